The first-order valence-corrected chi connectivity index (χ1v) is 7.99. The number of hydrogen-bond acceptors (Lipinski definition) is 4. The predicted molar refractivity (Wildman–Crippen MR) is 82.7 cm³/mol. The van der Waals surface area contributed by atoms with Crippen LogP contribution in [-0.4, -0.2) is 46.4 Å². The molecule has 5 heteroatoms. The van der Waals surface area contributed by atoms with E-state index in [-0.39, 0.29) is 0 Å². The fourth-order valence-corrected chi connectivity index (χ4v) is 3.43. The van der Waals surface area contributed by atoms with E-state index in [1.807, 2.05) is 41.0 Å². The van der Waals surface area contributed by atoms with Gasteiger partial charge in [-0.15, -0.1) is 0 Å². The molecule has 106 valence electrons. The van der Waals surface area contributed by atoms with Crippen molar-refractivity contribution >= 4 is 11.8 Å². The Labute approximate surface area is 123 Å². The Hall–Kier alpha value is -1.46. The minimum atomic E-state index is 0.905. The lowest BCUT2D eigenvalue weighted by molar-refractivity contribution is 0.293. The number of rotatable bonds is 4. The Balaban J connectivity index is 1.89. The number of methoxy groups -OCH3 is 1. The Morgan fingerprint density at radius 1 is 1.30 bits per heavy atom. The van der Waals surface area contributed by atoms with Crippen LogP contribution in [0.5, 0.6) is 5.75 Å². The summed E-state index contributed by atoms with van der Waals surface area (Å²) in [6, 6.07) is 8.15. The highest BCUT2D eigenvalue weighted by Crippen LogP contribution is 2.23. The van der Waals surface area contributed by atoms with Crippen LogP contribution in [-0.2, 0) is 6.54 Å². The number of benzene rings is 1. The maximum atomic E-state index is 5.36. The monoisotopic (exact) mass is 289 g/mol. The molecule has 4 nitrogen and oxygen atoms in total. The summed E-state index contributed by atoms with van der Waals surface area (Å²) in [5, 5.41) is 4.35. The predicted octanol–water partition coefficient (Wildman–Crippen LogP) is 2.43. The van der Waals surface area contributed by atoms with Gasteiger partial charge in [-0.25, -0.2) is 4.68 Å². The Bertz CT molecular complexity index is 550. The molecule has 0 radical (unpaired) electrons. The molecular weight excluding hydrogens is 270 g/mol. The molecule has 0 atom stereocenters. The highest BCUT2D eigenvalue weighted by molar-refractivity contribution is 7.99. The fourth-order valence-electron chi connectivity index (χ4n) is 2.45. The van der Waals surface area contributed by atoms with Crippen LogP contribution in [0.2, 0.25) is 0 Å². The SMILES string of the molecule is COc1ccc(-n2cccn2)c(CN2CCSCC2)c1. The molecule has 0 amide bonds. The maximum absolute atomic E-state index is 5.36. The van der Waals surface area contributed by atoms with Crippen molar-refractivity contribution in [2.75, 3.05) is 31.7 Å². The lowest BCUT2D eigenvalue weighted by Gasteiger charge is -2.27. The third-order valence-electron chi connectivity index (χ3n) is 3.54. The van der Waals surface area contributed by atoms with Gasteiger partial charge in [0.15, 0.2) is 0 Å². The fraction of sp³-hybridized carbons (Fsp3) is 0.400. The summed E-state index contributed by atoms with van der Waals surface area (Å²) < 4.78 is 7.29. The molecule has 1 saturated heterocycles. The van der Waals surface area contributed by atoms with Gasteiger partial charge in [-0.2, -0.15) is 16.9 Å². The van der Waals surface area contributed by atoms with Crippen molar-refractivity contribution in [2.45, 2.75) is 6.54 Å². The molecule has 0 unspecified atom stereocenters. The number of aromatic nitrogens is 2. The average Bonchev–Trinajstić information content (AvgIpc) is 3.02. The van der Waals surface area contributed by atoms with E-state index in [0.29, 0.717) is 0 Å². The van der Waals surface area contributed by atoms with Crippen LogP contribution < -0.4 is 4.74 Å². The smallest absolute Gasteiger partial charge is 0.119 e. The van der Waals surface area contributed by atoms with Gasteiger partial charge in [0, 0.05) is 43.5 Å². The van der Waals surface area contributed by atoms with Crippen molar-refractivity contribution in [1.29, 1.82) is 0 Å². The van der Waals surface area contributed by atoms with E-state index in [4.69, 9.17) is 4.74 Å². The first kappa shape index (κ1) is 13.5. The molecule has 1 aromatic carbocycles. The third kappa shape index (κ3) is 2.99. The number of nitrogens with zero attached hydrogens (tertiary/aromatic N) is 3. The van der Waals surface area contributed by atoms with Crippen molar-refractivity contribution in [3.63, 3.8) is 0 Å². The number of ether oxygens (including phenoxy) is 1. The first-order valence-electron chi connectivity index (χ1n) is 6.84. The van der Waals surface area contributed by atoms with E-state index >= 15 is 0 Å². The Morgan fingerprint density at radius 2 is 2.15 bits per heavy atom. The van der Waals surface area contributed by atoms with Crippen molar-refractivity contribution in [1.82, 2.24) is 14.7 Å². The van der Waals surface area contributed by atoms with Gasteiger partial charge in [-0.1, -0.05) is 0 Å². The lowest BCUT2D eigenvalue weighted by Crippen LogP contribution is -2.32. The minimum Gasteiger partial charge on any atom is -0.497 e. The van der Waals surface area contributed by atoms with E-state index < -0.39 is 0 Å². The molecule has 1 aliphatic heterocycles. The van der Waals surface area contributed by atoms with Gasteiger partial charge in [0.1, 0.15) is 5.75 Å². The summed E-state index contributed by atoms with van der Waals surface area (Å²) in [6.45, 7) is 3.26. The maximum Gasteiger partial charge on any atom is 0.119 e. The Morgan fingerprint density at radius 3 is 2.85 bits per heavy atom. The van der Waals surface area contributed by atoms with Crippen molar-refractivity contribution in [2.24, 2.45) is 0 Å². The molecule has 0 N–H and O–H groups in total. The first-order chi connectivity index (χ1) is 9.86. The second kappa shape index (κ2) is 6.33. The van der Waals surface area contributed by atoms with Crippen LogP contribution in [0.25, 0.3) is 5.69 Å². The molecule has 1 fully saturated rings. The van der Waals surface area contributed by atoms with Crippen molar-refractivity contribution in [3.8, 4) is 11.4 Å². The van der Waals surface area contributed by atoms with Gasteiger partial charge in [0.05, 0.1) is 12.8 Å². The molecule has 20 heavy (non-hydrogen) atoms. The zero-order valence-electron chi connectivity index (χ0n) is 11.7. The molecule has 0 aliphatic carbocycles. The van der Waals surface area contributed by atoms with Crippen molar-refractivity contribution in [3.05, 3.63) is 42.2 Å². The van der Waals surface area contributed by atoms with Crippen LogP contribution in [0.15, 0.2) is 36.7 Å². The van der Waals surface area contributed by atoms with Crippen LogP contribution in [0.3, 0.4) is 0 Å². The zero-order valence-corrected chi connectivity index (χ0v) is 12.5. The molecular formula is C15H19N3OS. The largest absolute Gasteiger partial charge is 0.497 e. The molecule has 2 heterocycles. The van der Waals surface area contributed by atoms with E-state index in [1.54, 1.807) is 7.11 Å². The Kier molecular flexibility index (Phi) is 4.28. The minimum absolute atomic E-state index is 0.905. The van der Waals surface area contributed by atoms with Gasteiger partial charge < -0.3 is 4.74 Å². The molecule has 2 aromatic rings. The summed E-state index contributed by atoms with van der Waals surface area (Å²) in [6.07, 6.45) is 3.79. The van der Waals surface area contributed by atoms with Crippen LogP contribution in [0.1, 0.15) is 5.56 Å². The summed E-state index contributed by atoms with van der Waals surface area (Å²) in [4.78, 5) is 2.50. The molecule has 1 aliphatic rings. The lowest BCUT2D eigenvalue weighted by atomic mass is 10.1. The van der Waals surface area contributed by atoms with Gasteiger partial charge in [-0.3, -0.25) is 4.90 Å². The molecule has 0 bridgehead atoms. The summed E-state index contributed by atoms with van der Waals surface area (Å²) in [5.74, 6) is 3.35. The quantitative estimate of drug-likeness (QED) is 0.865. The highest BCUT2D eigenvalue weighted by atomic mass is 32.2. The highest BCUT2D eigenvalue weighted by Gasteiger charge is 2.14. The second-order valence-electron chi connectivity index (χ2n) is 4.83. The van der Waals surface area contributed by atoms with Crippen molar-refractivity contribution < 1.29 is 4.74 Å². The normalized spacial score (nSPS) is 16.2. The summed E-state index contributed by atoms with van der Waals surface area (Å²) >= 11 is 2.03. The topological polar surface area (TPSA) is 30.3 Å². The average molecular weight is 289 g/mol. The van der Waals surface area contributed by atoms with E-state index in [0.717, 1.165) is 31.1 Å². The van der Waals surface area contributed by atoms with Gasteiger partial charge >= 0.3 is 0 Å². The molecule has 1 aromatic heterocycles. The van der Waals surface area contributed by atoms with E-state index in [2.05, 4.69) is 22.1 Å². The molecule has 3 rings (SSSR count). The van der Waals surface area contributed by atoms with E-state index in [1.165, 1.54) is 17.1 Å². The van der Waals surface area contributed by atoms with Gasteiger partial charge in [0.2, 0.25) is 0 Å². The second-order valence-corrected chi connectivity index (χ2v) is 6.06. The van der Waals surface area contributed by atoms with Gasteiger partial charge in [-0.05, 0) is 29.8 Å². The molecule has 0 saturated carbocycles. The summed E-state index contributed by atoms with van der Waals surface area (Å²) in [7, 11) is 1.71. The zero-order chi connectivity index (χ0) is 13.8. The summed E-state index contributed by atoms with van der Waals surface area (Å²) in [5.41, 5.74) is 2.40. The van der Waals surface area contributed by atoms with Crippen LogP contribution in [0.4, 0.5) is 0 Å². The number of hydrogen-bond donors (Lipinski definition) is 0. The third-order valence-corrected chi connectivity index (χ3v) is 4.48. The van der Waals surface area contributed by atoms with Gasteiger partial charge in [0.25, 0.3) is 0 Å². The standard InChI is InChI=1S/C15H19N3OS/c1-19-14-3-4-15(18-6-2-5-16-18)13(11-14)12-17-7-9-20-10-8-17/h2-6,11H,7-10,12H2,1H3. The van der Waals surface area contributed by atoms with Crippen LogP contribution >= 0.6 is 11.8 Å². The number of thioether (sulfide) groups is 1. The molecule has 0 spiro atoms. The van der Waals surface area contributed by atoms with Crippen LogP contribution in [0, 0.1) is 0 Å². The van der Waals surface area contributed by atoms with E-state index in [9.17, 15) is 0 Å².